The molecule has 1 N–H and O–H groups in total. The number of anilines is 1. The highest BCUT2D eigenvalue weighted by Crippen LogP contribution is 2.41. The van der Waals surface area contributed by atoms with Crippen molar-refractivity contribution < 1.29 is 9.53 Å². The molecule has 0 radical (unpaired) electrons. The number of carbonyl (C=O) groups excluding carboxylic acids is 1. The van der Waals surface area contributed by atoms with Crippen LogP contribution in [-0.4, -0.2) is 32.7 Å². The van der Waals surface area contributed by atoms with Gasteiger partial charge in [-0.15, -0.1) is 0 Å². The zero-order chi connectivity index (χ0) is 14.2. The zero-order valence-corrected chi connectivity index (χ0v) is 12.2. The first kappa shape index (κ1) is 13.4. The fraction of sp³-hybridized carbons (Fsp3) is 0.562. The Bertz CT molecular complexity index is 521. The summed E-state index contributed by atoms with van der Waals surface area (Å²) in [5, 5.41) is 3.48. The smallest absolute Gasteiger partial charge is 0.223 e. The lowest BCUT2D eigenvalue weighted by Crippen LogP contribution is -2.32. The number of rotatable bonds is 1. The Balaban J connectivity index is 2.03. The Morgan fingerprint density at radius 3 is 2.90 bits per heavy atom. The Morgan fingerprint density at radius 1 is 1.40 bits per heavy atom. The first-order valence-corrected chi connectivity index (χ1v) is 7.29. The van der Waals surface area contributed by atoms with E-state index >= 15 is 0 Å². The maximum Gasteiger partial charge on any atom is 0.223 e. The molecular formula is C16H22N2O2. The molecule has 1 unspecified atom stereocenters. The molecule has 2 heterocycles. The summed E-state index contributed by atoms with van der Waals surface area (Å²) in [6.45, 7) is 4.60. The number of fused-ring (bicyclic) bond motifs is 1. The van der Waals surface area contributed by atoms with Crippen LogP contribution in [0.25, 0.3) is 0 Å². The highest BCUT2D eigenvalue weighted by molar-refractivity contribution is 5.92. The molecule has 0 aromatic heterocycles. The molecule has 2 aliphatic rings. The summed E-state index contributed by atoms with van der Waals surface area (Å²) >= 11 is 0. The fourth-order valence-corrected chi connectivity index (χ4v) is 3.54. The molecule has 1 amide bonds. The molecule has 108 valence electrons. The number of ether oxygens (including phenoxy) is 1. The van der Waals surface area contributed by atoms with Crippen molar-refractivity contribution in [3.63, 3.8) is 0 Å². The van der Waals surface area contributed by atoms with Gasteiger partial charge in [0.25, 0.3) is 0 Å². The molecule has 2 aliphatic heterocycles. The normalized spacial score (nSPS) is 25.4. The van der Waals surface area contributed by atoms with Gasteiger partial charge in [0.1, 0.15) is 5.75 Å². The van der Waals surface area contributed by atoms with Crippen molar-refractivity contribution in [2.24, 2.45) is 5.41 Å². The molecule has 4 nitrogen and oxygen atoms in total. The van der Waals surface area contributed by atoms with Crippen LogP contribution in [0.2, 0.25) is 0 Å². The number of hydrogen-bond acceptors (Lipinski definition) is 3. The molecule has 1 fully saturated rings. The summed E-state index contributed by atoms with van der Waals surface area (Å²) in [4.78, 5) is 13.9. The lowest BCUT2D eigenvalue weighted by atomic mass is 9.78. The Hall–Kier alpha value is -1.55. The standard InChI is InChI=1S/C16H22N2O2/c1-12(19)18-8-6-16(5-7-17-11-16)10-13-9-14(20-2)3-4-15(13)18/h3-4,9,17H,5-8,10-11H2,1-2H3. The predicted octanol–water partition coefficient (Wildman–Crippen LogP) is 1.97. The van der Waals surface area contributed by atoms with Crippen LogP contribution in [0.15, 0.2) is 18.2 Å². The number of nitrogens with one attached hydrogen (secondary N) is 1. The van der Waals surface area contributed by atoms with Gasteiger partial charge >= 0.3 is 0 Å². The molecule has 1 aromatic carbocycles. The molecule has 1 saturated heterocycles. The van der Waals surface area contributed by atoms with E-state index in [1.54, 1.807) is 14.0 Å². The van der Waals surface area contributed by atoms with Crippen LogP contribution < -0.4 is 15.0 Å². The monoisotopic (exact) mass is 274 g/mol. The van der Waals surface area contributed by atoms with Gasteiger partial charge in [-0.1, -0.05) is 0 Å². The summed E-state index contributed by atoms with van der Waals surface area (Å²) in [5.74, 6) is 0.995. The minimum absolute atomic E-state index is 0.124. The SMILES string of the molecule is COc1ccc2c(c1)CC1(CCNC1)CCN2C(C)=O. The van der Waals surface area contributed by atoms with Gasteiger partial charge in [0.15, 0.2) is 0 Å². The maximum absolute atomic E-state index is 12.0. The van der Waals surface area contributed by atoms with Crippen molar-refractivity contribution in [1.29, 1.82) is 0 Å². The van der Waals surface area contributed by atoms with Gasteiger partial charge in [-0.3, -0.25) is 4.79 Å². The Kier molecular flexibility index (Phi) is 3.42. The van der Waals surface area contributed by atoms with Crippen molar-refractivity contribution in [3.05, 3.63) is 23.8 Å². The van der Waals surface area contributed by atoms with Gasteiger partial charge in [0.2, 0.25) is 5.91 Å². The van der Waals surface area contributed by atoms with Crippen molar-refractivity contribution in [3.8, 4) is 5.75 Å². The second-order valence-corrected chi connectivity index (χ2v) is 6.02. The van der Waals surface area contributed by atoms with E-state index in [1.807, 2.05) is 17.0 Å². The Morgan fingerprint density at radius 2 is 2.25 bits per heavy atom. The van der Waals surface area contributed by atoms with E-state index in [9.17, 15) is 4.79 Å². The topological polar surface area (TPSA) is 41.6 Å². The lowest BCUT2D eigenvalue weighted by Gasteiger charge is -2.26. The average Bonchev–Trinajstić information content (AvgIpc) is 2.81. The molecule has 20 heavy (non-hydrogen) atoms. The predicted molar refractivity (Wildman–Crippen MR) is 79.3 cm³/mol. The summed E-state index contributed by atoms with van der Waals surface area (Å²) < 4.78 is 5.35. The summed E-state index contributed by atoms with van der Waals surface area (Å²) in [7, 11) is 1.69. The van der Waals surface area contributed by atoms with E-state index in [1.165, 1.54) is 12.0 Å². The summed E-state index contributed by atoms with van der Waals surface area (Å²) in [6, 6.07) is 6.06. The molecule has 1 atom stereocenters. The number of amides is 1. The van der Waals surface area contributed by atoms with E-state index in [2.05, 4.69) is 11.4 Å². The van der Waals surface area contributed by atoms with Crippen LogP contribution in [0.4, 0.5) is 5.69 Å². The highest BCUT2D eigenvalue weighted by atomic mass is 16.5. The van der Waals surface area contributed by atoms with E-state index in [0.29, 0.717) is 5.41 Å². The van der Waals surface area contributed by atoms with Crippen molar-refractivity contribution in [1.82, 2.24) is 5.32 Å². The molecule has 4 heteroatoms. The van der Waals surface area contributed by atoms with Crippen molar-refractivity contribution in [2.45, 2.75) is 26.2 Å². The number of benzene rings is 1. The van der Waals surface area contributed by atoms with Crippen LogP contribution in [0, 0.1) is 5.41 Å². The van der Waals surface area contributed by atoms with Crippen LogP contribution >= 0.6 is 0 Å². The van der Waals surface area contributed by atoms with Gasteiger partial charge in [-0.2, -0.15) is 0 Å². The summed E-state index contributed by atoms with van der Waals surface area (Å²) in [5.41, 5.74) is 2.59. The number of nitrogens with zero attached hydrogens (tertiary/aromatic N) is 1. The number of carbonyl (C=O) groups is 1. The highest BCUT2D eigenvalue weighted by Gasteiger charge is 2.38. The molecule has 1 aromatic rings. The largest absolute Gasteiger partial charge is 0.497 e. The lowest BCUT2D eigenvalue weighted by molar-refractivity contribution is -0.116. The van der Waals surface area contributed by atoms with Gasteiger partial charge in [-0.25, -0.2) is 0 Å². The van der Waals surface area contributed by atoms with Crippen LogP contribution in [0.5, 0.6) is 5.75 Å². The third kappa shape index (κ3) is 2.29. The molecule has 3 rings (SSSR count). The fourth-order valence-electron chi connectivity index (χ4n) is 3.54. The minimum atomic E-state index is 0.124. The van der Waals surface area contributed by atoms with Crippen molar-refractivity contribution in [2.75, 3.05) is 31.6 Å². The first-order valence-electron chi connectivity index (χ1n) is 7.29. The van der Waals surface area contributed by atoms with E-state index in [-0.39, 0.29) is 5.91 Å². The van der Waals surface area contributed by atoms with Gasteiger partial charge in [-0.05, 0) is 55.0 Å². The van der Waals surface area contributed by atoms with E-state index < -0.39 is 0 Å². The molecular weight excluding hydrogens is 252 g/mol. The zero-order valence-electron chi connectivity index (χ0n) is 12.2. The number of hydrogen-bond donors (Lipinski definition) is 1. The van der Waals surface area contributed by atoms with Crippen LogP contribution in [0.1, 0.15) is 25.3 Å². The van der Waals surface area contributed by atoms with E-state index in [4.69, 9.17) is 4.74 Å². The quantitative estimate of drug-likeness (QED) is 0.851. The summed E-state index contributed by atoms with van der Waals surface area (Å²) in [6.07, 6.45) is 3.28. The Labute approximate surface area is 120 Å². The second kappa shape index (κ2) is 5.09. The third-order valence-electron chi connectivity index (χ3n) is 4.72. The molecule has 1 spiro atoms. The van der Waals surface area contributed by atoms with Gasteiger partial charge in [0.05, 0.1) is 7.11 Å². The average molecular weight is 274 g/mol. The first-order chi connectivity index (χ1) is 9.63. The van der Waals surface area contributed by atoms with E-state index in [0.717, 1.165) is 43.9 Å². The molecule has 0 aliphatic carbocycles. The maximum atomic E-state index is 12.0. The van der Waals surface area contributed by atoms with Gasteiger partial charge in [0, 0.05) is 25.7 Å². The minimum Gasteiger partial charge on any atom is -0.497 e. The van der Waals surface area contributed by atoms with Crippen LogP contribution in [-0.2, 0) is 11.2 Å². The van der Waals surface area contributed by atoms with Crippen molar-refractivity contribution >= 4 is 11.6 Å². The second-order valence-electron chi connectivity index (χ2n) is 6.02. The third-order valence-corrected chi connectivity index (χ3v) is 4.72. The molecule has 0 saturated carbocycles. The number of methoxy groups -OCH3 is 1. The van der Waals surface area contributed by atoms with Gasteiger partial charge < -0.3 is 15.0 Å². The van der Waals surface area contributed by atoms with Crippen LogP contribution in [0.3, 0.4) is 0 Å². The molecule has 0 bridgehead atoms.